The van der Waals surface area contributed by atoms with E-state index in [0.29, 0.717) is 28.9 Å². The first-order valence-corrected chi connectivity index (χ1v) is 10.8. The number of aromatic nitrogens is 2. The monoisotopic (exact) mass is 459 g/mol. The number of aryl methyl sites for hydroxylation is 3. The van der Waals surface area contributed by atoms with Crippen molar-refractivity contribution in [1.82, 2.24) is 14.9 Å². The third kappa shape index (κ3) is 5.56. The minimum absolute atomic E-state index is 0.107. The van der Waals surface area contributed by atoms with Crippen LogP contribution in [-0.4, -0.2) is 15.5 Å². The van der Waals surface area contributed by atoms with E-state index >= 15 is 0 Å². The topological polar surface area (TPSA) is 66.9 Å². The normalized spacial score (nSPS) is 11.6. The number of alkyl halides is 3. The number of nitrogens with zero attached hydrogens (tertiary/aromatic N) is 1. The fourth-order valence-electron chi connectivity index (χ4n) is 3.99. The van der Waals surface area contributed by atoms with Crippen molar-refractivity contribution in [2.45, 2.75) is 59.8 Å². The lowest BCUT2D eigenvalue weighted by Gasteiger charge is -2.11. The Hall–Kier alpha value is -3.29. The highest BCUT2D eigenvalue weighted by Gasteiger charge is 2.30. The fraction of sp³-hybridized carbons (Fsp3) is 0.360. The Kier molecular flexibility index (Phi) is 7.15. The van der Waals surface area contributed by atoms with E-state index in [9.17, 15) is 22.8 Å². The minimum atomic E-state index is -4.37. The summed E-state index contributed by atoms with van der Waals surface area (Å²) >= 11 is 0. The zero-order valence-corrected chi connectivity index (χ0v) is 19.2. The molecule has 2 heterocycles. The molecule has 0 aliphatic rings. The highest BCUT2D eigenvalue weighted by molar-refractivity contribution is 5.96. The zero-order valence-electron chi connectivity index (χ0n) is 19.2. The van der Waals surface area contributed by atoms with Crippen LogP contribution in [0.1, 0.15) is 62.9 Å². The maximum Gasteiger partial charge on any atom is 0.416 e. The fourth-order valence-corrected chi connectivity index (χ4v) is 3.99. The number of nitrogens with one attached hydrogen (secondary N) is 2. The molecule has 33 heavy (non-hydrogen) atoms. The average molecular weight is 460 g/mol. The smallest absolute Gasteiger partial charge is 0.348 e. The second kappa shape index (κ2) is 9.68. The van der Waals surface area contributed by atoms with Crippen LogP contribution >= 0.6 is 0 Å². The molecule has 5 nitrogen and oxygen atoms in total. The highest BCUT2D eigenvalue weighted by atomic mass is 19.4. The summed E-state index contributed by atoms with van der Waals surface area (Å²) in [5.74, 6) is -0.299. The molecule has 8 heteroatoms. The SMILES string of the molecule is CCCc1cc(C)c(CNC(=O)c2c(C)cn(Cc3ccc(C(F)(F)F)cc3)c2C)c(=O)[nH]1. The molecule has 0 unspecified atom stereocenters. The summed E-state index contributed by atoms with van der Waals surface area (Å²) in [5, 5.41) is 2.83. The van der Waals surface area contributed by atoms with Crippen molar-refractivity contribution < 1.29 is 18.0 Å². The van der Waals surface area contributed by atoms with Gasteiger partial charge in [-0.15, -0.1) is 0 Å². The molecule has 176 valence electrons. The van der Waals surface area contributed by atoms with Crippen molar-refractivity contribution in [1.29, 1.82) is 0 Å². The van der Waals surface area contributed by atoms with E-state index in [1.54, 1.807) is 13.1 Å². The van der Waals surface area contributed by atoms with Crippen LogP contribution in [0.15, 0.2) is 41.3 Å². The summed E-state index contributed by atoms with van der Waals surface area (Å²) < 4.78 is 40.2. The van der Waals surface area contributed by atoms with Gasteiger partial charge in [0, 0.05) is 36.2 Å². The van der Waals surface area contributed by atoms with E-state index in [4.69, 9.17) is 0 Å². The van der Waals surface area contributed by atoms with E-state index in [1.165, 1.54) is 12.1 Å². The Morgan fingerprint density at radius 2 is 1.76 bits per heavy atom. The summed E-state index contributed by atoms with van der Waals surface area (Å²) in [5.41, 5.74) is 3.98. The van der Waals surface area contributed by atoms with Crippen LogP contribution in [0.4, 0.5) is 13.2 Å². The van der Waals surface area contributed by atoms with Crippen LogP contribution in [0.3, 0.4) is 0 Å². The van der Waals surface area contributed by atoms with Gasteiger partial charge in [-0.1, -0.05) is 25.5 Å². The molecule has 0 aliphatic heterocycles. The Bertz CT molecular complexity index is 1210. The molecule has 0 aliphatic carbocycles. The van der Waals surface area contributed by atoms with Crippen molar-refractivity contribution in [2.75, 3.05) is 0 Å². The quantitative estimate of drug-likeness (QED) is 0.519. The van der Waals surface area contributed by atoms with Crippen LogP contribution in [0.2, 0.25) is 0 Å². The van der Waals surface area contributed by atoms with Gasteiger partial charge in [0.05, 0.1) is 11.1 Å². The van der Waals surface area contributed by atoms with Crippen molar-refractivity contribution in [3.8, 4) is 0 Å². The number of pyridine rings is 1. The third-order valence-electron chi connectivity index (χ3n) is 5.76. The van der Waals surface area contributed by atoms with E-state index < -0.39 is 11.7 Å². The molecule has 2 N–H and O–H groups in total. The predicted molar refractivity (Wildman–Crippen MR) is 121 cm³/mol. The van der Waals surface area contributed by atoms with E-state index in [1.807, 2.05) is 31.4 Å². The summed E-state index contributed by atoms with van der Waals surface area (Å²) in [6.07, 6.45) is -0.860. The number of carbonyl (C=O) groups is 1. The van der Waals surface area contributed by atoms with E-state index in [2.05, 4.69) is 10.3 Å². The molecule has 0 saturated carbocycles. The summed E-state index contributed by atoms with van der Waals surface area (Å²) in [6.45, 7) is 7.94. The van der Waals surface area contributed by atoms with Gasteiger partial charge in [0.2, 0.25) is 0 Å². The second-order valence-corrected chi connectivity index (χ2v) is 8.31. The lowest BCUT2D eigenvalue weighted by Crippen LogP contribution is -2.28. The van der Waals surface area contributed by atoms with Gasteiger partial charge in [0.15, 0.2) is 0 Å². The maximum atomic E-state index is 12.9. The van der Waals surface area contributed by atoms with Crippen molar-refractivity contribution in [2.24, 2.45) is 0 Å². The molecule has 0 radical (unpaired) electrons. The van der Waals surface area contributed by atoms with E-state index in [0.717, 1.165) is 41.8 Å². The first kappa shape index (κ1) is 24.4. The molecule has 3 rings (SSSR count). The Morgan fingerprint density at radius 3 is 2.33 bits per heavy atom. The number of rotatable bonds is 7. The van der Waals surface area contributed by atoms with Crippen molar-refractivity contribution in [3.05, 3.63) is 91.7 Å². The van der Waals surface area contributed by atoms with Gasteiger partial charge >= 0.3 is 6.18 Å². The number of hydrogen-bond donors (Lipinski definition) is 2. The second-order valence-electron chi connectivity index (χ2n) is 8.31. The number of amides is 1. The number of halogens is 3. The lowest BCUT2D eigenvalue weighted by atomic mass is 10.1. The molecular formula is C25H28F3N3O2. The van der Waals surface area contributed by atoms with Crippen LogP contribution in [0.25, 0.3) is 0 Å². The van der Waals surface area contributed by atoms with Gasteiger partial charge in [0.1, 0.15) is 0 Å². The van der Waals surface area contributed by atoms with Crippen LogP contribution < -0.4 is 10.9 Å². The Morgan fingerprint density at radius 1 is 1.09 bits per heavy atom. The maximum absolute atomic E-state index is 12.9. The van der Waals surface area contributed by atoms with Gasteiger partial charge in [-0.25, -0.2) is 0 Å². The molecule has 0 bridgehead atoms. The molecule has 0 atom stereocenters. The number of benzene rings is 1. The third-order valence-corrected chi connectivity index (χ3v) is 5.76. The van der Waals surface area contributed by atoms with Gasteiger partial charge in [0.25, 0.3) is 11.5 Å². The number of hydrogen-bond acceptors (Lipinski definition) is 2. The Labute approximate surface area is 190 Å². The van der Waals surface area contributed by atoms with Gasteiger partial charge in [-0.2, -0.15) is 13.2 Å². The summed E-state index contributed by atoms with van der Waals surface area (Å²) in [7, 11) is 0. The molecule has 0 spiro atoms. The number of H-pyrrole nitrogens is 1. The van der Waals surface area contributed by atoms with Gasteiger partial charge in [-0.3, -0.25) is 9.59 Å². The summed E-state index contributed by atoms with van der Waals surface area (Å²) in [6, 6.07) is 6.92. The van der Waals surface area contributed by atoms with Gasteiger partial charge in [-0.05, 0) is 62.1 Å². The Balaban J connectivity index is 1.74. The van der Waals surface area contributed by atoms with Crippen molar-refractivity contribution in [3.63, 3.8) is 0 Å². The lowest BCUT2D eigenvalue weighted by molar-refractivity contribution is -0.137. The molecular weight excluding hydrogens is 431 g/mol. The predicted octanol–water partition coefficient (Wildman–Crippen LogP) is 5.05. The molecule has 1 amide bonds. The highest BCUT2D eigenvalue weighted by Crippen LogP contribution is 2.29. The molecule has 3 aromatic rings. The minimum Gasteiger partial charge on any atom is -0.348 e. The van der Waals surface area contributed by atoms with Crippen LogP contribution in [-0.2, 0) is 25.7 Å². The van der Waals surface area contributed by atoms with Crippen LogP contribution in [0, 0.1) is 20.8 Å². The summed E-state index contributed by atoms with van der Waals surface area (Å²) in [4.78, 5) is 28.2. The molecule has 0 saturated heterocycles. The zero-order chi connectivity index (χ0) is 24.3. The molecule has 0 fully saturated rings. The van der Waals surface area contributed by atoms with Gasteiger partial charge < -0.3 is 14.9 Å². The standard InChI is InChI=1S/C25H28F3N3O2/c1-5-6-20-11-15(2)21(23(32)30-20)12-29-24(33)22-16(3)13-31(17(22)4)14-18-7-9-19(10-8-18)25(26,27)28/h7-11,13H,5-6,12,14H2,1-4H3,(H,29,33)(H,30,32). The van der Waals surface area contributed by atoms with Crippen molar-refractivity contribution >= 4 is 5.91 Å². The number of aromatic amines is 1. The average Bonchev–Trinajstić information content (AvgIpc) is 3.00. The molecule has 2 aromatic heterocycles. The number of carbonyl (C=O) groups excluding carboxylic acids is 1. The molecule has 1 aromatic carbocycles. The first-order chi connectivity index (χ1) is 15.5. The van der Waals surface area contributed by atoms with Crippen LogP contribution in [0.5, 0.6) is 0 Å². The van der Waals surface area contributed by atoms with E-state index in [-0.39, 0.29) is 18.0 Å². The largest absolute Gasteiger partial charge is 0.416 e. The first-order valence-electron chi connectivity index (χ1n) is 10.8.